The van der Waals surface area contributed by atoms with E-state index >= 15 is 0 Å². The van der Waals surface area contributed by atoms with Crippen LogP contribution in [0.15, 0.2) is 18.2 Å². The zero-order valence-corrected chi connectivity index (χ0v) is 10.6. The Morgan fingerprint density at radius 2 is 2.00 bits per heavy atom. The van der Waals surface area contributed by atoms with E-state index in [0.717, 1.165) is 38.1 Å². The molecule has 0 bridgehead atoms. The van der Waals surface area contributed by atoms with Gasteiger partial charge in [0.05, 0.1) is 6.10 Å². The topological polar surface area (TPSA) is 38.3 Å². The van der Waals surface area contributed by atoms with Crippen LogP contribution in [0.2, 0.25) is 0 Å². The number of carbonyl (C=O) groups excluding carboxylic acids is 1. The number of ketones is 1. The third-order valence-electron chi connectivity index (χ3n) is 3.15. The van der Waals surface area contributed by atoms with E-state index in [1.165, 1.54) is 6.07 Å². The Kier molecular flexibility index (Phi) is 4.99. The van der Waals surface area contributed by atoms with Crippen molar-refractivity contribution < 1.29 is 18.3 Å². The Morgan fingerprint density at radius 1 is 1.26 bits per heavy atom. The predicted octanol–water partition coefficient (Wildman–Crippen LogP) is 1.84. The van der Waals surface area contributed by atoms with Crippen molar-refractivity contribution in [3.8, 4) is 0 Å². The lowest BCUT2D eigenvalue weighted by atomic mass is 10.1. The van der Waals surface area contributed by atoms with Crippen molar-refractivity contribution >= 4 is 5.78 Å². The first-order valence-electron chi connectivity index (χ1n) is 6.43. The summed E-state index contributed by atoms with van der Waals surface area (Å²) in [7, 11) is 0. The molecular weight excluding hydrogens is 252 g/mol. The average Bonchev–Trinajstić information content (AvgIpc) is 2.42. The van der Waals surface area contributed by atoms with E-state index in [-0.39, 0.29) is 24.9 Å². The van der Waals surface area contributed by atoms with Crippen LogP contribution in [0, 0.1) is 11.6 Å². The molecule has 0 aliphatic carbocycles. The number of carbonyl (C=O) groups is 1. The van der Waals surface area contributed by atoms with Crippen LogP contribution in [-0.4, -0.2) is 31.6 Å². The van der Waals surface area contributed by atoms with Gasteiger partial charge >= 0.3 is 0 Å². The normalized spacial score (nSPS) is 16.5. The molecule has 0 unspecified atom stereocenters. The highest BCUT2D eigenvalue weighted by Crippen LogP contribution is 2.11. The SMILES string of the molecule is O=C(COC1CCNCC1)Cc1ccc(F)c(F)c1. The van der Waals surface area contributed by atoms with Gasteiger partial charge in [-0.1, -0.05) is 6.07 Å². The number of halogens is 2. The molecule has 1 aliphatic rings. The summed E-state index contributed by atoms with van der Waals surface area (Å²) in [6, 6.07) is 3.50. The molecule has 0 atom stereocenters. The van der Waals surface area contributed by atoms with Gasteiger partial charge in [0.2, 0.25) is 0 Å². The maximum atomic E-state index is 13.0. The van der Waals surface area contributed by atoms with E-state index in [0.29, 0.717) is 5.56 Å². The highest BCUT2D eigenvalue weighted by Gasteiger charge is 2.15. The lowest BCUT2D eigenvalue weighted by Crippen LogP contribution is -2.33. The minimum absolute atomic E-state index is 0.0314. The highest BCUT2D eigenvalue weighted by molar-refractivity contribution is 5.82. The molecule has 1 aromatic rings. The van der Waals surface area contributed by atoms with Crippen LogP contribution in [-0.2, 0) is 16.0 Å². The molecule has 0 aromatic heterocycles. The van der Waals surface area contributed by atoms with Gasteiger partial charge < -0.3 is 10.1 Å². The number of benzene rings is 1. The van der Waals surface area contributed by atoms with E-state index in [1.807, 2.05) is 0 Å². The standard InChI is InChI=1S/C14H17F2NO2/c15-13-2-1-10(8-14(13)16)7-11(18)9-19-12-3-5-17-6-4-12/h1-2,8,12,17H,3-7,9H2. The molecule has 0 radical (unpaired) electrons. The van der Waals surface area contributed by atoms with Gasteiger partial charge in [-0.2, -0.15) is 0 Å². The maximum absolute atomic E-state index is 13.0. The number of Topliss-reactive ketones (excluding diaryl/α,β-unsaturated/α-hetero) is 1. The third kappa shape index (κ3) is 4.36. The lowest BCUT2D eigenvalue weighted by molar-refractivity contribution is -0.125. The van der Waals surface area contributed by atoms with Gasteiger partial charge in [-0.15, -0.1) is 0 Å². The molecule has 104 valence electrons. The summed E-state index contributed by atoms with van der Waals surface area (Å²) >= 11 is 0. The Hall–Kier alpha value is -1.33. The first-order chi connectivity index (χ1) is 9.15. The van der Waals surface area contributed by atoms with Crippen molar-refractivity contribution in [2.24, 2.45) is 0 Å². The maximum Gasteiger partial charge on any atom is 0.162 e. The molecule has 2 rings (SSSR count). The number of hydrogen-bond donors (Lipinski definition) is 1. The molecule has 3 nitrogen and oxygen atoms in total. The Balaban J connectivity index is 1.78. The zero-order chi connectivity index (χ0) is 13.7. The van der Waals surface area contributed by atoms with Crippen molar-refractivity contribution in [3.05, 3.63) is 35.4 Å². The minimum atomic E-state index is -0.926. The summed E-state index contributed by atoms with van der Waals surface area (Å²) in [4.78, 5) is 11.7. The van der Waals surface area contributed by atoms with Gasteiger partial charge in [0.1, 0.15) is 6.61 Å². The van der Waals surface area contributed by atoms with E-state index in [2.05, 4.69) is 5.32 Å². The summed E-state index contributed by atoms with van der Waals surface area (Å²) < 4.78 is 31.2. The van der Waals surface area contributed by atoms with Crippen LogP contribution in [0.3, 0.4) is 0 Å². The minimum Gasteiger partial charge on any atom is -0.370 e. The molecule has 0 spiro atoms. The van der Waals surface area contributed by atoms with Crippen LogP contribution in [0.4, 0.5) is 8.78 Å². The third-order valence-corrected chi connectivity index (χ3v) is 3.15. The van der Waals surface area contributed by atoms with E-state index < -0.39 is 11.6 Å². The van der Waals surface area contributed by atoms with Crippen molar-refractivity contribution in [3.63, 3.8) is 0 Å². The Bertz CT molecular complexity index is 445. The fourth-order valence-corrected chi connectivity index (χ4v) is 2.10. The Morgan fingerprint density at radius 3 is 2.68 bits per heavy atom. The van der Waals surface area contributed by atoms with E-state index in [1.54, 1.807) is 0 Å². The van der Waals surface area contributed by atoms with Gasteiger partial charge in [0.25, 0.3) is 0 Å². The molecule has 5 heteroatoms. The van der Waals surface area contributed by atoms with Crippen molar-refractivity contribution in [2.75, 3.05) is 19.7 Å². The molecule has 19 heavy (non-hydrogen) atoms. The highest BCUT2D eigenvalue weighted by atomic mass is 19.2. The molecule has 1 aliphatic heterocycles. The second-order valence-corrected chi connectivity index (χ2v) is 4.72. The second kappa shape index (κ2) is 6.73. The number of rotatable bonds is 5. The molecule has 0 amide bonds. The molecule has 1 fully saturated rings. The van der Waals surface area contributed by atoms with Crippen LogP contribution in [0.25, 0.3) is 0 Å². The predicted molar refractivity (Wildman–Crippen MR) is 66.9 cm³/mol. The van der Waals surface area contributed by atoms with Gasteiger partial charge in [0, 0.05) is 6.42 Å². The van der Waals surface area contributed by atoms with Crippen molar-refractivity contribution in [1.82, 2.24) is 5.32 Å². The zero-order valence-electron chi connectivity index (χ0n) is 10.6. The molecule has 1 heterocycles. The van der Waals surface area contributed by atoms with Gasteiger partial charge in [-0.3, -0.25) is 4.79 Å². The van der Waals surface area contributed by atoms with E-state index in [9.17, 15) is 13.6 Å². The summed E-state index contributed by atoms with van der Waals surface area (Å²) in [6.07, 6.45) is 1.99. The summed E-state index contributed by atoms with van der Waals surface area (Å²) in [5, 5.41) is 3.21. The fraction of sp³-hybridized carbons (Fsp3) is 0.500. The summed E-state index contributed by atoms with van der Waals surface area (Å²) in [6.45, 7) is 1.84. The monoisotopic (exact) mass is 269 g/mol. The molecule has 0 saturated carbocycles. The number of ether oxygens (including phenoxy) is 1. The van der Waals surface area contributed by atoms with E-state index in [4.69, 9.17) is 4.74 Å². The number of hydrogen-bond acceptors (Lipinski definition) is 3. The number of nitrogens with one attached hydrogen (secondary N) is 1. The average molecular weight is 269 g/mol. The lowest BCUT2D eigenvalue weighted by Gasteiger charge is -2.22. The van der Waals surface area contributed by atoms with Crippen LogP contribution in [0.5, 0.6) is 0 Å². The largest absolute Gasteiger partial charge is 0.370 e. The van der Waals surface area contributed by atoms with Gasteiger partial charge in [-0.25, -0.2) is 8.78 Å². The van der Waals surface area contributed by atoms with Gasteiger partial charge in [-0.05, 0) is 43.6 Å². The molecule has 1 saturated heterocycles. The number of piperidine rings is 1. The Labute approximate surface area is 111 Å². The van der Waals surface area contributed by atoms with Gasteiger partial charge in [0.15, 0.2) is 17.4 Å². The van der Waals surface area contributed by atoms with Crippen LogP contribution >= 0.6 is 0 Å². The van der Waals surface area contributed by atoms with Crippen molar-refractivity contribution in [1.29, 1.82) is 0 Å². The first-order valence-corrected chi connectivity index (χ1v) is 6.43. The first kappa shape index (κ1) is 14.1. The molecule has 1 N–H and O–H groups in total. The molecular formula is C14H17F2NO2. The quantitative estimate of drug-likeness (QED) is 0.886. The second-order valence-electron chi connectivity index (χ2n) is 4.72. The van der Waals surface area contributed by atoms with Crippen LogP contribution < -0.4 is 5.32 Å². The van der Waals surface area contributed by atoms with Crippen molar-refractivity contribution in [2.45, 2.75) is 25.4 Å². The summed E-state index contributed by atoms with van der Waals surface area (Å²) in [5.41, 5.74) is 0.470. The summed E-state index contributed by atoms with van der Waals surface area (Å²) in [5.74, 6) is -1.95. The smallest absolute Gasteiger partial charge is 0.162 e. The fourth-order valence-electron chi connectivity index (χ4n) is 2.10. The van der Waals surface area contributed by atoms with Crippen LogP contribution in [0.1, 0.15) is 18.4 Å². The molecule has 1 aromatic carbocycles.